The van der Waals surface area contributed by atoms with Crippen molar-refractivity contribution in [3.05, 3.63) is 69.6 Å². The van der Waals surface area contributed by atoms with E-state index in [1.807, 2.05) is 0 Å². The third kappa shape index (κ3) is 7.28. The molecule has 1 aliphatic carbocycles. The predicted molar refractivity (Wildman–Crippen MR) is 131 cm³/mol. The average Bonchev–Trinajstić information content (AvgIpc) is 2.78. The number of allylic oxidation sites excluding steroid dienone is 1. The fourth-order valence-electron chi connectivity index (χ4n) is 3.66. The number of aliphatic imine (C=N–C) groups is 2. The molecule has 0 bridgehead atoms. The molecule has 0 aliphatic heterocycles. The predicted octanol–water partition coefficient (Wildman–Crippen LogP) is 7.82. The molecular formula is C26H25ClF6N2O2. The molecule has 0 radical (unpaired) electrons. The van der Waals surface area contributed by atoms with Crippen LogP contribution in [0.4, 0.5) is 26.3 Å². The maximum Gasteiger partial charge on any atom is 0.416 e. The summed E-state index contributed by atoms with van der Waals surface area (Å²) in [5.74, 6) is -2.87. The highest BCUT2D eigenvalue weighted by Gasteiger charge is 2.47. The van der Waals surface area contributed by atoms with Gasteiger partial charge in [0.15, 0.2) is 11.5 Å². The number of benzene rings is 2. The SMILES string of the molecule is COc1cc(C(C)=NC/C(=C(\C)N=C(C)c2ccc(F)c(Cl)c2)C(F)(F)F)ccc1OC1CC(F)(F)C1. The first kappa shape index (κ1) is 28.6. The van der Waals surface area contributed by atoms with Gasteiger partial charge < -0.3 is 9.47 Å². The Bertz CT molecular complexity index is 1250. The van der Waals surface area contributed by atoms with E-state index in [0.29, 0.717) is 16.8 Å². The van der Waals surface area contributed by atoms with Gasteiger partial charge in [-0.05, 0) is 62.2 Å². The quantitative estimate of drug-likeness (QED) is 0.250. The van der Waals surface area contributed by atoms with Crippen LogP contribution < -0.4 is 9.47 Å². The van der Waals surface area contributed by atoms with Crippen molar-refractivity contribution in [1.82, 2.24) is 0 Å². The molecule has 37 heavy (non-hydrogen) atoms. The minimum atomic E-state index is -4.70. The van der Waals surface area contributed by atoms with Gasteiger partial charge in [0.25, 0.3) is 5.92 Å². The van der Waals surface area contributed by atoms with Gasteiger partial charge >= 0.3 is 6.18 Å². The third-order valence-electron chi connectivity index (χ3n) is 5.85. The number of nitrogens with zero attached hydrogens (tertiary/aromatic N) is 2. The monoisotopic (exact) mass is 546 g/mol. The molecule has 2 aromatic carbocycles. The van der Waals surface area contributed by atoms with Gasteiger partial charge in [-0.2, -0.15) is 13.2 Å². The molecule has 0 saturated heterocycles. The molecule has 3 rings (SSSR count). The van der Waals surface area contributed by atoms with E-state index in [1.54, 1.807) is 13.0 Å². The molecular weight excluding hydrogens is 522 g/mol. The molecule has 2 aromatic rings. The van der Waals surface area contributed by atoms with Gasteiger partial charge in [0.2, 0.25) is 0 Å². The summed E-state index contributed by atoms with van der Waals surface area (Å²) in [6, 6.07) is 8.38. The van der Waals surface area contributed by atoms with Gasteiger partial charge in [-0.25, -0.2) is 13.2 Å². The smallest absolute Gasteiger partial charge is 0.416 e. The molecule has 11 heteroatoms. The van der Waals surface area contributed by atoms with Crippen LogP contribution in [0.2, 0.25) is 5.02 Å². The standard InChI is InChI=1S/C26H25ClF6N2O2/c1-14(18-6-8-23(24(10-18)36-4)37-19-11-25(29,30)12-19)34-13-20(26(31,32)33)16(3)35-15(2)17-5-7-22(28)21(27)9-17/h5-10,19H,11-13H2,1-4H3/b20-16-,34-14?,35-15?. The highest BCUT2D eigenvalue weighted by Crippen LogP contribution is 2.41. The molecule has 0 heterocycles. The number of halogens is 7. The van der Waals surface area contributed by atoms with Crippen LogP contribution in [0, 0.1) is 5.82 Å². The van der Waals surface area contributed by atoms with E-state index in [1.165, 1.54) is 45.2 Å². The summed E-state index contributed by atoms with van der Waals surface area (Å²) >= 11 is 5.76. The Balaban J connectivity index is 1.83. The zero-order valence-corrected chi connectivity index (χ0v) is 21.3. The van der Waals surface area contributed by atoms with E-state index in [-0.39, 0.29) is 40.8 Å². The van der Waals surface area contributed by atoms with Crippen molar-refractivity contribution in [1.29, 1.82) is 0 Å². The summed E-state index contributed by atoms with van der Waals surface area (Å²) in [6.45, 7) is 3.57. The lowest BCUT2D eigenvalue weighted by molar-refractivity contribution is -0.134. The second-order valence-corrected chi connectivity index (χ2v) is 9.07. The highest BCUT2D eigenvalue weighted by atomic mass is 35.5. The second-order valence-electron chi connectivity index (χ2n) is 8.66. The number of hydrogen-bond acceptors (Lipinski definition) is 4. The van der Waals surface area contributed by atoms with E-state index >= 15 is 0 Å². The van der Waals surface area contributed by atoms with Gasteiger partial charge in [0, 0.05) is 30.0 Å². The molecule has 1 aliphatic rings. The van der Waals surface area contributed by atoms with E-state index in [4.69, 9.17) is 21.1 Å². The van der Waals surface area contributed by atoms with Crippen LogP contribution in [-0.4, -0.2) is 43.3 Å². The van der Waals surface area contributed by atoms with Crippen LogP contribution in [0.5, 0.6) is 11.5 Å². The molecule has 200 valence electrons. The number of alkyl halides is 5. The summed E-state index contributed by atoms with van der Waals surface area (Å²) in [6.07, 6.45) is -6.11. The minimum absolute atomic E-state index is 0.164. The summed E-state index contributed by atoms with van der Waals surface area (Å²) < 4.78 is 91.9. The summed E-state index contributed by atoms with van der Waals surface area (Å²) in [4.78, 5) is 8.17. The molecule has 0 aromatic heterocycles. The van der Waals surface area contributed by atoms with Crippen LogP contribution in [0.1, 0.15) is 44.7 Å². The molecule has 0 atom stereocenters. The van der Waals surface area contributed by atoms with E-state index in [9.17, 15) is 26.3 Å². The van der Waals surface area contributed by atoms with Gasteiger partial charge in [-0.15, -0.1) is 0 Å². The second kappa shape index (κ2) is 11.2. The van der Waals surface area contributed by atoms with Crippen LogP contribution >= 0.6 is 11.6 Å². The maximum atomic E-state index is 13.8. The lowest BCUT2D eigenvalue weighted by Crippen LogP contribution is -2.43. The Labute approximate surface area is 215 Å². The molecule has 0 unspecified atom stereocenters. The number of hydrogen-bond donors (Lipinski definition) is 0. The number of methoxy groups -OCH3 is 1. The Hall–Kier alpha value is -3.01. The van der Waals surface area contributed by atoms with Crippen molar-refractivity contribution in [2.45, 2.75) is 51.8 Å². The largest absolute Gasteiger partial charge is 0.493 e. The lowest BCUT2D eigenvalue weighted by atomic mass is 9.91. The average molecular weight is 547 g/mol. The molecule has 0 amide bonds. The fraction of sp³-hybridized carbons (Fsp3) is 0.385. The van der Waals surface area contributed by atoms with Crippen LogP contribution in [0.15, 0.2) is 57.7 Å². The minimum Gasteiger partial charge on any atom is -0.493 e. The van der Waals surface area contributed by atoms with Crippen molar-refractivity contribution < 1.29 is 35.8 Å². The molecule has 1 saturated carbocycles. The molecule has 1 fully saturated rings. The summed E-state index contributed by atoms with van der Waals surface area (Å²) in [7, 11) is 1.37. The first-order chi connectivity index (χ1) is 17.2. The molecule has 0 N–H and O–H groups in total. The maximum absolute atomic E-state index is 13.8. The van der Waals surface area contributed by atoms with Crippen LogP contribution in [-0.2, 0) is 0 Å². The number of ether oxygens (including phenoxy) is 2. The fourth-order valence-corrected chi connectivity index (χ4v) is 3.84. The Kier molecular flexibility index (Phi) is 8.62. The Morgan fingerprint density at radius 2 is 1.62 bits per heavy atom. The molecule has 4 nitrogen and oxygen atoms in total. The molecule has 0 spiro atoms. The van der Waals surface area contributed by atoms with Crippen molar-refractivity contribution in [3.8, 4) is 11.5 Å². The summed E-state index contributed by atoms with van der Waals surface area (Å²) in [5, 5.41) is -0.164. The van der Waals surface area contributed by atoms with E-state index in [0.717, 1.165) is 6.07 Å². The lowest BCUT2D eigenvalue weighted by Gasteiger charge is -2.35. The van der Waals surface area contributed by atoms with E-state index < -0.39 is 36.1 Å². The van der Waals surface area contributed by atoms with Crippen molar-refractivity contribution in [3.63, 3.8) is 0 Å². The van der Waals surface area contributed by atoms with Gasteiger partial charge in [0.1, 0.15) is 11.9 Å². The van der Waals surface area contributed by atoms with Crippen molar-refractivity contribution >= 4 is 23.0 Å². The van der Waals surface area contributed by atoms with Crippen molar-refractivity contribution in [2.75, 3.05) is 13.7 Å². The van der Waals surface area contributed by atoms with Gasteiger partial charge in [-0.1, -0.05) is 17.7 Å². The topological polar surface area (TPSA) is 43.2 Å². The van der Waals surface area contributed by atoms with Crippen molar-refractivity contribution in [2.24, 2.45) is 9.98 Å². The Morgan fingerprint density at radius 3 is 2.19 bits per heavy atom. The van der Waals surface area contributed by atoms with Gasteiger partial charge in [-0.3, -0.25) is 9.98 Å². The Morgan fingerprint density at radius 1 is 1.00 bits per heavy atom. The van der Waals surface area contributed by atoms with E-state index in [2.05, 4.69) is 9.98 Å². The first-order valence-corrected chi connectivity index (χ1v) is 11.6. The van der Waals surface area contributed by atoms with Crippen LogP contribution in [0.25, 0.3) is 0 Å². The summed E-state index contributed by atoms with van der Waals surface area (Å²) in [5.41, 5.74) is 0.139. The highest BCUT2D eigenvalue weighted by molar-refractivity contribution is 6.31. The zero-order valence-electron chi connectivity index (χ0n) is 20.5. The zero-order chi connectivity index (χ0) is 27.5. The number of rotatable bonds is 8. The normalized spacial score (nSPS) is 17.3. The van der Waals surface area contributed by atoms with Gasteiger partial charge in [0.05, 0.1) is 24.3 Å². The first-order valence-electron chi connectivity index (χ1n) is 11.2. The van der Waals surface area contributed by atoms with Crippen LogP contribution in [0.3, 0.4) is 0 Å². The third-order valence-corrected chi connectivity index (χ3v) is 6.14.